The Labute approximate surface area is 153 Å². The lowest BCUT2D eigenvalue weighted by Gasteiger charge is -2.29. The van der Waals surface area contributed by atoms with Gasteiger partial charge in [0.25, 0.3) is 0 Å². The van der Waals surface area contributed by atoms with Crippen LogP contribution in [-0.4, -0.2) is 23.1 Å². The second-order valence-corrected chi connectivity index (χ2v) is 8.55. The molecular weight excluding hydrogens is 316 g/mol. The number of ether oxygens (including phenoxy) is 1. The van der Waals surface area contributed by atoms with Gasteiger partial charge in [-0.1, -0.05) is 53.4 Å². The van der Waals surface area contributed by atoms with Gasteiger partial charge in [0.2, 0.25) is 0 Å². The zero-order chi connectivity index (χ0) is 18.9. The summed E-state index contributed by atoms with van der Waals surface area (Å²) in [5.41, 5.74) is 0.283. The van der Waals surface area contributed by atoms with Crippen LogP contribution < -0.4 is 0 Å². The molecule has 25 heavy (non-hydrogen) atoms. The van der Waals surface area contributed by atoms with Gasteiger partial charge in [0.05, 0.1) is 11.8 Å². The Balaban J connectivity index is 2.57. The fraction of sp³-hybridized carbons (Fsp3) is 0.905. The van der Waals surface area contributed by atoms with Gasteiger partial charge in [-0.15, -0.1) is 0 Å². The summed E-state index contributed by atoms with van der Waals surface area (Å²) in [4.78, 5) is 23.8. The van der Waals surface area contributed by atoms with E-state index in [0.29, 0.717) is 12.8 Å². The monoisotopic (exact) mass is 354 g/mol. The van der Waals surface area contributed by atoms with E-state index < -0.39 is 5.97 Å². The van der Waals surface area contributed by atoms with Crippen molar-refractivity contribution in [3.05, 3.63) is 0 Å². The third kappa shape index (κ3) is 8.24. The molecule has 146 valence electrons. The number of hydrogen-bond acceptors (Lipinski definition) is 3. The van der Waals surface area contributed by atoms with Crippen LogP contribution in [0.25, 0.3) is 0 Å². The van der Waals surface area contributed by atoms with Crippen LogP contribution >= 0.6 is 0 Å². The van der Waals surface area contributed by atoms with Crippen LogP contribution in [0.15, 0.2) is 0 Å². The summed E-state index contributed by atoms with van der Waals surface area (Å²) in [7, 11) is 0. The zero-order valence-electron chi connectivity index (χ0n) is 16.7. The van der Waals surface area contributed by atoms with Gasteiger partial charge in [-0.05, 0) is 50.4 Å². The summed E-state index contributed by atoms with van der Waals surface area (Å²) in [5, 5.41) is 9.21. The highest BCUT2D eigenvalue weighted by Crippen LogP contribution is 2.33. The number of carboxylic acids is 1. The van der Waals surface area contributed by atoms with Gasteiger partial charge in [0.15, 0.2) is 0 Å². The summed E-state index contributed by atoms with van der Waals surface area (Å²) >= 11 is 0. The van der Waals surface area contributed by atoms with Crippen molar-refractivity contribution in [1.82, 2.24) is 0 Å². The minimum Gasteiger partial charge on any atom is -0.481 e. The average Bonchev–Trinajstić information content (AvgIpc) is 2.57. The lowest BCUT2D eigenvalue weighted by atomic mass is 9.81. The number of carbonyl (C=O) groups is 2. The quantitative estimate of drug-likeness (QED) is 0.491. The molecule has 1 saturated carbocycles. The highest BCUT2D eigenvalue weighted by Gasteiger charge is 2.33. The summed E-state index contributed by atoms with van der Waals surface area (Å²) in [6, 6.07) is 0. The maximum Gasteiger partial charge on any atom is 0.309 e. The van der Waals surface area contributed by atoms with Gasteiger partial charge in [-0.25, -0.2) is 0 Å². The van der Waals surface area contributed by atoms with Gasteiger partial charge in [-0.2, -0.15) is 0 Å². The van der Waals surface area contributed by atoms with E-state index in [4.69, 9.17) is 4.74 Å². The van der Waals surface area contributed by atoms with Gasteiger partial charge in [0, 0.05) is 0 Å². The molecule has 0 aromatic carbocycles. The molecule has 1 fully saturated rings. The number of aliphatic carboxylic acids is 1. The number of hydrogen-bond donors (Lipinski definition) is 1. The lowest BCUT2D eigenvalue weighted by Crippen LogP contribution is -2.31. The van der Waals surface area contributed by atoms with E-state index in [-0.39, 0.29) is 29.3 Å². The smallest absolute Gasteiger partial charge is 0.309 e. The summed E-state index contributed by atoms with van der Waals surface area (Å²) in [6.07, 6.45) is 10.1. The van der Waals surface area contributed by atoms with Crippen molar-refractivity contribution in [3.63, 3.8) is 0 Å². The average molecular weight is 355 g/mol. The van der Waals surface area contributed by atoms with Gasteiger partial charge < -0.3 is 9.84 Å². The molecule has 3 atom stereocenters. The van der Waals surface area contributed by atoms with Crippen molar-refractivity contribution < 1.29 is 19.4 Å². The highest BCUT2D eigenvalue weighted by molar-refractivity contribution is 5.75. The van der Waals surface area contributed by atoms with E-state index in [9.17, 15) is 14.7 Å². The molecule has 1 aliphatic rings. The van der Waals surface area contributed by atoms with E-state index in [2.05, 4.69) is 27.7 Å². The second-order valence-electron chi connectivity index (χ2n) is 8.55. The second kappa shape index (κ2) is 10.8. The topological polar surface area (TPSA) is 63.6 Å². The van der Waals surface area contributed by atoms with Crippen LogP contribution in [0.3, 0.4) is 0 Å². The van der Waals surface area contributed by atoms with Crippen molar-refractivity contribution in [2.75, 3.05) is 0 Å². The van der Waals surface area contributed by atoms with Crippen molar-refractivity contribution in [2.45, 2.75) is 104 Å². The largest absolute Gasteiger partial charge is 0.481 e. The molecule has 0 radical (unpaired) electrons. The van der Waals surface area contributed by atoms with Crippen LogP contribution in [0.4, 0.5) is 0 Å². The minimum absolute atomic E-state index is 0.0196. The van der Waals surface area contributed by atoms with Crippen LogP contribution in [-0.2, 0) is 14.3 Å². The van der Waals surface area contributed by atoms with Gasteiger partial charge in [0.1, 0.15) is 6.10 Å². The molecule has 0 aromatic heterocycles. The first-order chi connectivity index (χ1) is 11.8. The van der Waals surface area contributed by atoms with E-state index in [0.717, 1.165) is 44.9 Å². The predicted octanol–water partition coefficient (Wildman–Crippen LogP) is 5.59. The van der Waals surface area contributed by atoms with Crippen LogP contribution in [0.1, 0.15) is 98.3 Å². The number of unbranched alkanes of at least 4 members (excludes halogenated alkanes) is 1. The SMILES string of the molecule is CCCCC(CCC(C)(C)CCC)OC(=O)C1CCCC(C(=O)O)C1. The number of carbonyl (C=O) groups excluding carboxylic acids is 1. The first-order valence-electron chi connectivity index (χ1n) is 10.2. The summed E-state index contributed by atoms with van der Waals surface area (Å²) in [5.74, 6) is -1.56. The fourth-order valence-corrected chi connectivity index (χ4v) is 3.94. The summed E-state index contributed by atoms with van der Waals surface area (Å²) in [6.45, 7) is 8.93. The fourth-order valence-electron chi connectivity index (χ4n) is 3.94. The van der Waals surface area contributed by atoms with Crippen molar-refractivity contribution in [3.8, 4) is 0 Å². The Kier molecular flexibility index (Phi) is 9.52. The number of carboxylic acid groups (broad SMARTS) is 1. The molecule has 0 amide bonds. The lowest BCUT2D eigenvalue weighted by molar-refractivity contribution is -0.158. The van der Waals surface area contributed by atoms with E-state index in [1.807, 2.05) is 0 Å². The maximum atomic E-state index is 12.6. The predicted molar refractivity (Wildman–Crippen MR) is 100 cm³/mol. The molecule has 1 aliphatic carbocycles. The standard InChI is InChI=1S/C21H38O4/c1-5-7-11-18(12-14-21(3,4)13-6-2)25-20(24)17-10-8-9-16(15-17)19(22)23/h16-18H,5-15H2,1-4H3,(H,22,23). The Hall–Kier alpha value is -1.06. The molecule has 0 aromatic rings. The molecule has 4 nitrogen and oxygen atoms in total. The molecule has 1 rings (SSSR count). The molecule has 0 heterocycles. The van der Waals surface area contributed by atoms with Crippen LogP contribution in [0.2, 0.25) is 0 Å². The molecule has 1 N–H and O–H groups in total. The Morgan fingerprint density at radius 2 is 1.76 bits per heavy atom. The number of esters is 1. The molecule has 0 spiro atoms. The third-order valence-corrected chi connectivity index (χ3v) is 5.59. The highest BCUT2D eigenvalue weighted by atomic mass is 16.5. The van der Waals surface area contributed by atoms with Crippen molar-refractivity contribution in [2.24, 2.45) is 17.3 Å². The van der Waals surface area contributed by atoms with Crippen LogP contribution in [0.5, 0.6) is 0 Å². The zero-order valence-corrected chi connectivity index (χ0v) is 16.7. The molecule has 3 unspecified atom stereocenters. The normalized spacial score (nSPS) is 22.4. The van der Waals surface area contributed by atoms with E-state index in [1.165, 1.54) is 12.8 Å². The molecule has 4 heteroatoms. The van der Waals surface area contributed by atoms with Crippen molar-refractivity contribution >= 4 is 11.9 Å². The van der Waals surface area contributed by atoms with E-state index >= 15 is 0 Å². The molecular formula is C21H38O4. The molecule has 0 saturated heterocycles. The Morgan fingerprint density at radius 3 is 2.36 bits per heavy atom. The third-order valence-electron chi connectivity index (χ3n) is 5.59. The Bertz CT molecular complexity index is 416. The maximum absolute atomic E-state index is 12.6. The van der Waals surface area contributed by atoms with Crippen molar-refractivity contribution in [1.29, 1.82) is 0 Å². The first kappa shape index (κ1) is 22.0. The molecule has 0 aliphatic heterocycles. The van der Waals surface area contributed by atoms with Gasteiger partial charge in [-0.3, -0.25) is 9.59 Å². The van der Waals surface area contributed by atoms with E-state index in [1.54, 1.807) is 0 Å². The Morgan fingerprint density at radius 1 is 1.08 bits per heavy atom. The first-order valence-corrected chi connectivity index (χ1v) is 10.2. The van der Waals surface area contributed by atoms with Crippen LogP contribution in [0, 0.1) is 17.3 Å². The minimum atomic E-state index is -0.777. The summed E-state index contributed by atoms with van der Waals surface area (Å²) < 4.78 is 5.86. The number of rotatable bonds is 11. The molecule has 0 bridgehead atoms. The van der Waals surface area contributed by atoms with Gasteiger partial charge >= 0.3 is 11.9 Å².